The van der Waals surface area contributed by atoms with E-state index in [1.807, 2.05) is 0 Å². The zero-order valence-corrected chi connectivity index (χ0v) is 10.5. The van der Waals surface area contributed by atoms with E-state index in [4.69, 9.17) is 10.5 Å². The number of carbonyl (C=O) groups is 1. The lowest BCUT2D eigenvalue weighted by Gasteiger charge is -2.14. The SMILES string of the molecule is NC1COCC1C(=O)Nc1c(F)cccc1Br. The van der Waals surface area contributed by atoms with E-state index in [0.29, 0.717) is 11.1 Å². The highest BCUT2D eigenvalue weighted by Crippen LogP contribution is 2.26. The molecule has 0 aliphatic carbocycles. The molecule has 0 saturated carbocycles. The number of rotatable bonds is 2. The highest BCUT2D eigenvalue weighted by molar-refractivity contribution is 9.10. The van der Waals surface area contributed by atoms with Gasteiger partial charge in [0.1, 0.15) is 5.82 Å². The van der Waals surface area contributed by atoms with Crippen LogP contribution in [0, 0.1) is 11.7 Å². The molecule has 1 heterocycles. The smallest absolute Gasteiger partial charge is 0.231 e. The Kier molecular flexibility index (Phi) is 3.76. The monoisotopic (exact) mass is 302 g/mol. The number of nitrogens with one attached hydrogen (secondary N) is 1. The lowest BCUT2D eigenvalue weighted by atomic mass is 10.0. The summed E-state index contributed by atoms with van der Waals surface area (Å²) in [5.41, 5.74) is 5.85. The molecule has 1 amide bonds. The number of ether oxygens (including phenoxy) is 1. The van der Waals surface area contributed by atoms with Gasteiger partial charge in [0.25, 0.3) is 0 Å². The van der Waals surface area contributed by atoms with E-state index in [-0.39, 0.29) is 24.2 Å². The molecule has 1 aliphatic heterocycles. The average Bonchev–Trinajstić information content (AvgIpc) is 2.70. The molecule has 1 aromatic rings. The summed E-state index contributed by atoms with van der Waals surface area (Å²) in [7, 11) is 0. The van der Waals surface area contributed by atoms with Gasteiger partial charge in [-0.1, -0.05) is 6.07 Å². The second-order valence-corrected chi connectivity index (χ2v) is 4.75. The maximum absolute atomic E-state index is 13.5. The van der Waals surface area contributed by atoms with E-state index in [1.54, 1.807) is 12.1 Å². The fourth-order valence-corrected chi connectivity index (χ4v) is 2.12. The van der Waals surface area contributed by atoms with E-state index in [1.165, 1.54) is 6.07 Å². The van der Waals surface area contributed by atoms with E-state index in [9.17, 15) is 9.18 Å². The fourth-order valence-electron chi connectivity index (χ4n) is 1.67. The van der Waals surface area contributed by atoms with Gasteiger partial charge >= 0.3 is 0 Å². The average molecular weight is 303 g/mol. The summed E-state index contributed by atoms with van der Waals surface area (Å²) in [4.78, 5) is 11.9. The molecule has 92 valence electrons. The number of halogens is 2. The molecular formula is C11H12BrFN2O2. The molecule has 1 fully saturated rings. The van der Waals surface area contributed by atoms with Gasteiger partial charge in [-0.15, -0.1) is 0 Å². The summed E-state index contributed by atoms with van der Waals surface area (Å²) in [5.74, 6) is -1.23. The topological polar surface area (TPSA) is 64.3 Å². The minimum absolute atomic E-state index is 0.136. The normalized spacial score (nSPS) is 23.7. The summed E-state index contributed by atoms with van der Waals surface area (Å²) in [6.45, 7) is 0.635. The first-order valence-electron chi connectivity index (χ1n) is 5.18. The number of carbonyl (C=O) groups excluding carboxylic acids is 1. The minimum Gasteiger partial charge on any atom is -0.379 e. The molecule has 1 aliphatic rings. The van der Waals surface area contributed by atoms with Gasteiger partial charge in [-0.25, -0.2) is 4.39 Å². The minimum atomic E-state index is -0.486. The number of benzene rings is 1. The van der Waals surface area contributed by atoms with Gasteiger partial charge in [0, 0.05) is 10.5 Å². The first-order valence-corrected chi connectivity index (χ1v) is 5.97. The summed E-state index contributed by atoms with van der Waals surface area (Å²) in [6, 6.07) is 4.16. The van der Waals surface area contributed by atoms with Crippen LogP contribution in [0.25, 0.3) is 0 Å². The Morgan fingerprint density at radius 3 is 2.88 bits per heavy atom. The van der Waals surface area contributed by atoms with Crippen LogP contribution in [0.1, 0.15) is 0 Å². The number of para-hydroxylation sites is 1. The Morgan fingerprint density at radius 1 is 1.53 bits per heavy atom. The van der Waals surface area contributed by atoms with Crippen molar-refractivity contribution in [3.8, 4) is 0 Å². The quantitative estimate of drug-likeness (QED) is 0.870. The van der Waals surface area contributed by atoms with Crippen molar-refractivity contribution < 1.29 is 13.9 Å². The predicted molar refractivity (Wildman–Crippen MR) is 65.0 cm³/mol. The third-order valence-electron chi connectivity index (χ3n) is 2.67. The second kappa shape index (κ2) is 5.12. The van der Waals surface area contributed by atoms with Gasteiger partial charge in [-0.3, -0.25) is 4.79 Å². The Morgan fingerprint density at radius 2 is 2.29 bits per heavy atom. The van der Waals surface area contributed by atoms with Crippen molar-refractivity contribution in [1.82, 2.24) is 0 Å². The molecule has 2 rings (SSSR count). The molecule has 1 saturated heterocycles. The first-order chi connectivity index (χ1) is 8.09. The molecular weight excluding hydrogens is 291 g/mol. The highest BCUT2D eigenvalue weighted by Gasteiger charge is 2.31. The Bertz CT molecular complexity index is 421. The fraction of sp³-hybridized carbons (Fsp3) is 0.364. The van der Waals surface area contributed by atoms with Crippen molar-refractivity contribution in [2.45, 2.75) is 6.04 Å². The summed E-state index contributed by atoms with van der Waals surface area (Å²) >= 11 is 3.18. The molecule has 0 spiro atoms. The van der Waals surface area contributed by atoms with Crippen molar-refractivity contribution in [1.29, 1.82) is 0 Å². The molecule has 4 nitrogen and oxygen atoms in total. The lowest BCUT2D eigenvalue weighted by molar-refractivity contribution is -0.120. The van der Waals surface area contributed by atoms with E-state index >= 15 is 0 Å². The second-order valence-electron chi connectivity index (χ2n) is 3.89. The largest absolute Gasteiger partial charge is 0.379 e. The lowest BCUT2D eigenvalue weighted by Crippen LogP contribution is -2.37. The third-order valence-corrected chi connectivity index (χ3v) is 3.33. The summed E-state index contributed by atoms with van der Waals surface area (Å²) < 4.78 is 19.1. The predicted octanol–water partition coefficient (Wildman–Crippen LogP) is 1.50. The maximum atomic E-state index is 13.5. The number of hydrogen-bond acceptors (Lipinski definition) is 3. The standard InChI is InChI=1S/C11H12BrFN2O2/c12-7-2-1-3-8(13)10(7)15-11(16)6-4-17-5-9(6)14/h1-3,6,9H,4-5,14H2,(H,15,16). The zero-order valence-electron chi connectivity index (χ0n) is 8.95. The van der Waals surface area contributed by atoms with Crippen molar-refractivity contribution >= 4 is 27.5 Å². The van der Waals surface area contributed by atoms with Crippen LogP contribution in [0.15, 0.2) is 22.7 Å². The Labute approximate surface area is 106 Å². The maximum Gasteiger partial charge on any atom is 0.231 e. The van der Waals surface area contributed by atoms with Crippen molar-refractivity contribution in [3.63, 3.8) is 0 Å². The van der Waals surface area contributed by atoms with E-state index in [0.717, 1.165) is 0 Å². The molecule has 6 heteroatoms. The molecule has 1 aromatic carbocycles. The molecule has 0 radical (unpaired) electrons. The van der Waals surface area contributed by atoms with Gasteiger partial charge < -0.3 is 15.8 Å². The van der Waals surface area contributed by atoms with Crippen LogP contribution in [0.5, 0.6) is 0 Å². The Hall–Kier alpha value is -0.980. The van der Waals surface area contributed by atoms with Crippen molar-refractivity contribution in [2.75, 3.05) is 18.5 Å². The Balaban J connectivity index is 2.13. The summed E-state index contributed by atoms with van der Waals surface area (Å²) in [6.07, 6.45) is 0. The van der Waals surface area contributed by atoms with Crippen LogP contribution in [-0.4, -0.2) is 25.2 Å². The van der Waals surface area contributed by atoms with Crippen LogP contribution in [0.4, 0.5) is 10.1 Å². The first kappa shape index (κ1) is 12.5. The van der Waals surface area contributed by atoms with Gasteiger partial charge in [0.2, 0.25) is 5.91 Å². The van der Waals surface area contributed by atoms with Gasteiger partial charge in [-0.05, 0) is 28.1 Å². The van der Waals surface area contributed by atoms with Crippen LogP contribution in [-0.2, 0) is 9.53 Å². The number of amides is 1. The zero-order chi connectivity index (χ0) is 12.4. The number of anilines is 1. The van der Waals surface area contributed by atoms with Crippen LogP contribution < -0.4 is 11.1 Å². The van der Waals surface area contributed by atoms with Gasteiger partial charge in [-0.2, -0.15) is 0 Å². The van der Waals surface area contributed by atoms with Gasteiger partial charge in [0.15, 0.2) is 0 Å². The molecule has 0 aromatic heterocycles. The van der Waals surface area contributed by atoms with Gasteiger partial charge in [0.05, 0.1) is 24.8 Å². The number of hydrogen-bond donors (Lipinski definition) is 2. The molecule has 2 atom stereocenters. The van der Waals surface area contributed by atoms with Crippen molar-refractivity contribution in [3.05, 3.63) is 28.5 Å². The summed E-state index contributed by atoms with van der Waals surface area (Å²) in [5, 5.41) is 2.53. The number of nitrogens with two attached hydrogens (primary N) is 1. The molecule has 3 N–H and O–H groups in total. The van der Waals surface area contributed by atoms with Crippen LogP contribution in [0.3, 0.4) is 0 Å². The van der Waals surface area contributed by atoms with Crippen LogP contribution >= 0.6 is 15.9 Å². The molecule has 2 unspecified atom stereocenters. The van der Waals surface area contributed by atoms with E-state index in [2.05, 4.69) is 21.2 Å². The third kappa shape index (κ3) is 2.65. The van der Waals surface area contributed by atoms with Crippen molar-refractivity contribution in [2.24, 2.45) is 11.7 Å². The molecule has 0 bridgehead atoms. The molecule has 17 heavy (non-hydrogen) atoms. The highest BCUT2D eigenvalue weighted by atomic mass is 79.9. The van der Waals surface area contributed by atoms with E-state index < -0.39 is 11.7 Å². The van der Waals surface area contributed by atoms with Crippen LogP contribution in [0.2, 0.25) is 0 Å².